The lowest BCUT2D eigenvalue weighted by Crippen LogP contribution is -2.44. The van der Waals surface area contributed by atoms with E-state index >= 15 is 0 Å². The minimum absolute atomic E-state index is 0.243. The molecule has 1 aliphatic heterocycles. The lowest BCUT2D eigenvalue weighted by Gasteiger charge is -2.35. The summed E-state index contributed by atoms with van der Waals surface area (Å²) in [6.07, 6.45) is 1.46. The Morgan fingerprint density at radius 1 is 1.38 bits per heavy atom. The van der Waals surface area contributed by atoms with Crippen LogP contribution in [0.2, 0.25) is 0 Å². The van der Waals surface area contributed by atoms with E-state index in [-0.39, 0.29) is 24.0 Å². The standard InChI is InChI=1S/C17H19N5O4/c1-10-19-13(8-16(24)20-10)14-9-26-6-5-22(14)17(25)12-3-4-18-15(7-12)21-11(2)23/h3-4,7-8,14H,5-6,9H2,1-2H3,(H,18,21,23)(H,19,20,24)/t14-/m1/s1. The fraction of sp³-hybridized carbons (Fsp3) is 0.353. The summed E-state index contributed by atoms with van der Waals surface area (Å²) >= 11 is 0. The van der Waals surface area contributed by atoms with Crippen molar-refractivity contribution < 1.29 is 14.3 Å². The van der Waals surface area contributed by atoms with Crippen LogP contribution in [0.3, 0.4) is 0 Å². The molecule has 2 amide bonds. The number of hydrogen-bond acceptors (Lipinski definition) is 6. The van der Waals surface area contributed by atoms with Crippen LogP contribution in [0.15, 0.2) is 29.2 Å². The Morgan fingerprint density at radius 2 is 2.19 bits per heavy atom. The number of nitrogens with zero attached hydrogens (tertiary/aromatic N) is 3. The second-order valence-corrected chi connectivity index (χ2v) is 5.96. The van der Waals surface area contributed by atoms with Gasteiger partial charge in [-0.2, -0.15) is 0 Å². The van der Waals surface area contributed by atoms with Gasteiger partial charge in [-0.3, -0.25) is 14.4 Å². The van der Waals surface area contributed by atoms with Crippen LogP contribution in [0.4, 0.5) is 5.82 Å². The Kier molecular flexibility index (Phi) is 5.08. The number of H-pyrrole nitrogens is 1. The van der Waals surface area contributed by atoms with Crippen molar-refractivity contribution in [2.45, 2.75) is 19.9 Å². The number of rotatable bonds is 3. The first-order valence-electron chi connectivity index (χ1n) is 8.14. The molecule has 0 aromatic carbocycles. The monoisotopic (exact) mass is 357 g/mol. The molecule has 1 aliphatic rings. The fourth-order valence-corrected chi connectivity index (χ4v) is 2.84. The van der Waals surface area contributed by atoms with Gasteiger partial charge in [0.2, 0.25) is 5.91 Å². The van der Waals surface area contributed by atoms with Crippen LogP contribution >= 0.6 is 0 Å². The number of nitrogens with one attached hydrogen (secondary N) is 2. The summed E-state index contributed by atoms with van der Waals surface area (Å²) < 4.78 is 5.49. The molecule has 9 nitrogen and oxygen atoms in total. The molecular formula is C17H19N5O4. The number of carbonyl (C=O) groups is 2. The number of pyridine rings is 1. The number of morpholine rings is 1. The fourth-order valence-electron chi connectivity index (χ4n) is 2.84. The van der Waals surface area contributed by atoms with Crippen molar-refractivity contribution in [3.63, 3.8) is 0 Å². The highest BCUT2D eigenvalue weighted by atomic mass is 16.5. The molecule has 2 aromatic rings. The maximum absolute atomic E-state index is 13.0. The van der Waals surface area contributed by atoms with Crippen LogP contribution in [0.5, 0.6) is 0 Å². The molecule has 9 heteroatoms. The first-order chi connectivity index (χ1) is 12.4. The average molecular weight is 357 g/mol. The van der Waals surface area contributed by atoms with E-state index in [4.69, 9.17) is 4.74 Å². The quantitative estimate of drug-likeness (QED) is 0.833. The smallest absolute Gasteiger partial charge is 0.254 e. The number of amides is 2. The van der Waals surface area contributed by atoms with Crippen LogP contribution in [0, 0.1) is 6.92 Å². The van der Waals surface area contributed by atoms with Gasteiger partial charge in [-0.05, 0) is 19.1 Å². The van der Waals surface area contributed by atoms with Crippen LogP contribution in [-0.2, 0) is 9.53 Å². The lowest BCUT2D eigenvalue weighted by molar-refractivity contribution is -0.114. The normalized spacial score (nSPS) is 17.0. The molecule has 3 rings (SSSR count). The van der Waals surface area contributed by atoms with Crippen LogP contribution in [-0.4, -0.2) is 51.4 Å². The topological polar surface area (TPSA) is 117 Å². The summed E-state index contributed by atoms with van der Waals surface area (Å²) in [6.45, 7) is 4.08. The maximum Gasteiger partial charge on any atom is 0.254 e. The first-order valence-corrected chi connectivity index (χ1v) is 8.14. The van der Waals surface area contributed by atoms with Crippen molar-refractivity contribution in [2.24, 2.45) is 0 Å². The molecule has 2 N–H and O–H groups in total. The molecule has 0 spiro atoms. The Hall–Kier alpha value is -3.07. The average Bonchev–Trinajstić information content (AvgIpc) is 2.60. The second kappa shape index (κ2) is 7.44. The number of ether oxygens (including phenoxy) is 1. The summed E-state index contributed by atoms with van der Waals surface area (Å²) in [7, 11) is 0. The zero-order chi connectivity index (χ0) is 18.7. The highest BCUT2D eigenvalue weighted by Crippen LogP contribution is 2.24. The molecule has 136 valence electrons. The molecular weight excluding hydrogens is 338 g/mol. The van der Waals surface area contributed by atoms with E-state index in [1.165, 1.54) is 25.3 Å². The molecule has 0 aliphatic carbocycles. The Morgan fingerprint density at radius 3 is 2.92 bits per heavy atom. The molecule has 1 atom stereocenters. The Bertz CT molecular complexity index is 895. The zero-order valence-electron chi connectivity index (χ0n) is 14.5. The van der Waals surface area contributed by atoms with E-state index in [9.17, 15) is 14.4 Å². The van der Waals surface area contributed by atoms with E-state index in [1.54, 1.807) is 17.9 Å². The van der Waals surface area contributed by atoms with Crippen LogP contribution < -0.4 is 10.9 Å². The molecule has 0 saturated carbocycles. The third kappa shape index (κ3) is 3.94. The predicted octanol–water partition coefficient (Wildman–Crippen LogP) is 0.645. The van der Waals surface area contributed by atoms with Crippen molar-refractivity contribution in [2.75, 3.05) is 25.1 Å². The lowest BCUT2D eigenvalue weighted by atomic mass is 10.1. The van der Waals surface area contributed by atoms with Gasteiger partial charge in [0, 0.05) is 31.3 Å². The summed E-state index contributed by atoms with van der Waals surface area (Å²) in [5.74, 6) is 0.266. The van der Waals surface area contributed by atoms with Gasteiger partial charge >= 0.3 is 0 Å². The molecule has 26 heavy (non-hydrogen) atoms. The molecule has 0 radical (unpaired) electrons. The largest absolute Gasteiger partial charge is 0.377 e. The van der Waals surface area contributed by atoms with Gasteiger partial charge in [0.1, 0.15) is 11.6 Å². The summed E-state index contributed by atoms with van der Waals surface area (Å²) in [6, 6.07) is 4.01. The number of hydrogen-bond donors (Lipinski definition) is 2. The van der Waals surface area contributed by atoms with Gasteiger partial charge < -0.3 is 19.9 Å². The minimum Gasteiger partial charge on any atom is -0.377 e. The molecule has 0 bridgehead atoms. The van der Waals surface area contributed by atoms with Gasteiger partial charge in [0.05, 0.1) is 24.9 Å². The Balaban J connectivity index is 1.91. The van der Waals surface area contributed by atoms with E-state index in [0.717, 1.165) is 0 Å². The number of aryl methyl sites for hydroxylation is 1. The molecule has 1 fully saturated rings. The SMILES string of the molecule is CC(=O)Nc1cc(C(=O)N2CCOC[C@@H]2c2cc(=O)[nH]c(C)n2)ccn1. The first kappa shape index (κ1) is 17.7. The van der Waals surface area contributed by atoms with Crippen molar-refractivity contribution in [1.29, 1.82) is 0 Å². The van der Waals surface area contributed by atoms with Gasteiger partial charge in [0.25, 0.3) is 11.5 Å². The van der Waals surface area contributed by atoms with Gasteiger partial charge in [-0.25, -0.2) is 9.97 Å². The molecule has 3 heterocycles. The third-order valence-electron chi connectivity index (χ3n) is 3.92. The molecule has 1 saturated heterocycles. The predicted molar refractivity (Wildman–Crippen MR) is 92.7 cm³/mol. The second-order valence-electron chi connectivity index (χ2n) is 5.96. The number of aromatic nitrogens is 3. The summed E-state index contributed by atoms with van der Waals surface area (Å²) in [5, 5.41) is 2.56. The van der Waals surface area contributed by atoms with E-state index in [2.05, 4.69) is 20.3 Å². The van der Waals surface area contributed by atoms with Gasteiger partial charge in [-0.15, -0.1) is 0 Å². The van der Waals surface area contributed by atoms with Crippen molar-refractivity contribution >= 4 is 17.6 Å². The van der Waals surface area contributed by atoms with Gasteiger partial charge in [-0.1, -0.05) is 0 Å². The third-order valence-corrected chi connectivity index (χ3v) is 3.92. The highest BCUT2D eigenvalue weighted by molar-refractivity contribution is 5.96. The maximum atomic E-state index is 13.0. The number of carbonyl (C=O) groups excluding carboxylic acids is 2. The highest BCUT2D eigenvalue weighted by Gasteiger charge is 2.31. The van der Waals surface area contributed by atoms with Crippen molar-refractivity contribution in [1.82, 2.24) is 19.9 Å². The number of anilines is 1. The summed E-state index contributed by atoms with van der Waals surface area (Å²) in [5.41, 5.74) is 0.593. The zero-order valence-corrected chi connectivity index (χ0v) is 14.5. The van der Waals surface area contributed by atoms with Crippen molar-refractivity contribution in [3.05, 3.63) is 51.8 Å². The van der Waals surface area contributed by atoms with E-state index in [0.29, 0.717) is 36.1 Å². The molecule has 0 unspecified atom stereocenters. The Labute approximate surface area is 149 Å². The van der Waals surface area contributed by atoms with Crippen LogP contribution in [0.25, 0.3) is 0 Å². The van der Waals surface area contributed by atoms with E-state index in [1.807, 2.05) is 0 Å². The van der Waals surface area contributed by atoms with E-state index < -0.39 is 6.04 Å². The van der Waals surface area contributed by atoms with Gasteiger partial charge in [0.15, 0.2) is 0 Å². The number of aromatic amines is 1. The molecule has 2 aromatic heterocycles. The van der Waals surface area contributed by atoms with Crippen molar-refractivity contribution in [3.8, 4) is 0 Å². The summed E-state index contributed by atoms with van der Waals surface area (Å²) in [4.78, 5) is 48.5. The minimum atomic E-state index is -0.463. The van der Waals surface area contributed by atoms with Crippen LogP contribution in [0.1, 0.15) is 34.8 Å².